The molecule has 7 nitrogen and oxygen atoms in total. The average molecular weight is 399 g/mol. The molecule has 0 spiro atoms. The molecule has 0 aliphatic carbocycles. The van der Waals surface area contributed by atoms with Crippen LogP contribution in [0.3, 0.4) is 0 Å². The average Bonchev–Trinajstić information content (AvgIpc) is 2.88. The van der Waals surface area contributed by atoms with Crippen LogP contribution in [0.2, 0.25) is 0 Å². The van der Waals surface area contributed by atoms with Crippen molar-refractivity contribution >= 4 is 36.3 Å². The Kier molecular flexibility index (Phi) is 4.71. The highest BCUT2D eigenvalue weighted by atomic mass is 16.3. The van der Waals surface area contributed by atoms with Gasteiger partial charge in [0, 0.05) is 30.1 Å². The highest BCUT2D eigenvalue weighted by molar-refractivity contribution is 6.29. The van der Waals surface area contributed by atoms with Crippen molar-refractivity contribution in [1.29, 1.82) is 0 Å². The van der Waals surface area contributed by atoms with Gasteiger partial charge < -0.3 is 15.7 Å². The molecule has 0 saturated carbocycles. The maximum Gasteiger partial charge on any atom is 0.267 e. The molecular formula is C22H22BN5O2. The maximum atomic E-state index is 12.5. The molecule has 8 heteroatoms. The molecule has 3 atom stereocenters. The molecule has 3 aromatic rings. The van der Waals surface area contributed by atoms with Gasteiger partial charge in [0.15, 0.2) is 13.7 Å². The van der Waals surface area contributed by atoms with Crippen molar-refractivity contribution in [3.05, 3.63) is 42.0 Å². The van der Waals surface area contributed by atoms with Crippen LogP contribution in [0.4, 0.5) is 5.82 Å². The summed E-state index contributed by atoms with van der Waals surface area (Å²) in [6.07, 6.45) is 0. The number of carbonyl (C=O) groups is 1. The lowest BCUT2D eigenvalue weighted by Crippen LogP contribution is -2.40. The van der Waals surface area contributed by atoms with E-state index in [0.29, 0.717) is 33.8 Å². The van der Waals surface area contributed by atoms with Crippen molar-refractivity contribution < 1.29 is 9.90 Å². The zero-order valence-corrected chi connectivity index (χ0v) is 17.3. The fraction of sp³-hybridized carbons (Fsp3) is 0.273. The minimum absolute atomic E-state index is 0.0822. The number of fused-ring (bicyclic) bond motifs is 1. The number of likely N-dealkylation sites (N-methyl/N-ethyl adjacent to an activating group) is 1. The topological polar surface area (TPSA) is 105 Å². The zero-order valence-electron chi connectivity index (χ0n) is 17.3. The number of nitrogens with two attached hydrogens (primary N) is 1. The van der Waals surface area contributed by atoms with Crippen LogP contribution in [0.5, 0.6) is 0 Å². The van der Waals surface area contributed by atoms with E-state index in [9.17, 15) is 9.90 Å². The molecule has 0 radical (unpaired) electrons. The summed E-state index contributed by atoms with van der Waals surface area (Å²) in [4.78, 5) is 27.2. The first kappa shape index (κ1) is 19.9. The van der Waals surface area contributed by atoms with E-state index in [0.717, 1.165) is 5.56 Å². The number of hydrogen-bond donors (Lipinski definition) is 2. The van der Waals surface area contributed by atoms with E-state index in [4.69, 9.17) is 5.73 Å². The number of pyridine rings is 1. The number of rotatable bonds is 1. The Hall–Kier alpha value is -3.44. The molecule has 1 aromatic carbocycles. The smallest absolute Gasteiger partial charge is 0.267 e. The Labute approximate surface area is 175 Å². The van der Waals surface area contributed by atoms with Crippen LogP contribution in [0.1, 0.15) is 19.4 Å². The summed E-state index contributed by atoms with van der Waals surface area (Å²) in [5.74, 6) is 5.46. The molecule has 1 fully saturated rings. The van der Waals surface area contributed by atoms with Crippen LogP contribution in [0.25, 0.3) is 22.3 Å². The first-order chi connectivity index (χ1) is 14.2. The largest absolute Gasteiger partial charge is 0.382 e. The fourth-order valence-electron chi connectivity index (χ4n) is 3.74. The quantitative estimate of drug-likeness (QED) is 0.445. The summed E-state index contributed by atoms with van der Waals surface area (Å²) < 4.78 is 0. The van der Waals surface area contributed by atoms with Crippen molar-refractivity contribution in [1.82, 2.24) is 19.9 Å². The second kappa shape index (κ2) is 7.11. The summed E-state index contributed by atoms with van der Waals surface area (Å²) >= 11 is 0. The van der Waals surface area contributed by atoms with Gasteiger partial charge in [-0.15, -0.1) is 0 Å². The van der Waals surface area contributed by atoms with Gasteiger partial charge in [-0.3, -0.25) is 4.79 Å². The first-order valence-electron chi connectivity index (χ1n) is 9.75. The van der Waals surface area contributed by atoms with Crippen molar-refractivity contribution in [2.24, 2.45) is 5.92 Å². The summed E-state index contributed by atoms with van der Waals surface area (Å²) in [5.41, 5.74) is 8.39. The van der Waals surface area contributed by atoms with Crippen molar-refractivity contribution in [2.75, 3.05) is 12.8 Å². The number of aliphatic hydroxyl groups is 1. The molecule has 1 aliphatic heterocycles. The Morgan fingerprint density at radius 3 is 2.67 bits per heavy atom. The lowest BCUT2D eigenvalue weighted by Gasteiger charge is -2.19. The normalized spacial score (nSPS) is 23.5. The number of hydrogen-bond acceptors (Lipinski definition) is 6. The molecule has 1 saturated heterocycles. The number of aromatic nitrogens is 3. The minimum Gasteiger partial charge on any atom is -0.382 e. The second-order valence-corrected chi connectivity index (χ2v) is 7.76. The Balaban J connectivity index is 1.71. The lowest BCUT2D eigenvalue weighted by atomic mass is 9.88. The summed E-state index contributed by atoms with van der Waals surface area (Å²) in [6, 6.07) is 11.1. The number of likely N-dealkylation sites (tertiary alicyclic amines) is 1. The van der Waals surface area contributed by atoms with E-state index in [-0.39, 0.29) is 17.9 Å². The van der Waals surface area contributed by atoms with Gasteiger partial charge in [0.05, 0.1) is 16.9 Å². The lowest BCUT2D eigenvalue weighted by molar-refractivity contribution is -0.139. The standard InChI is InChI=1S/C22H22BN5O2/c1-12-13(2)28(3)20(29)22(12,30)10-9-14-5-4-6-15(11-14)16-7-8-17-18(25-16)19(24)27-21(23)26-17/h4-8,11-13,30H,23H2,1-3H3,(H2,24,26,27)/t12-,13+,22-/m0/s1. The third kappa shape index (κ3) is 3.17. The zero-order chi connectivity index (χ0) is 21.6. The molecular weight excluding hydrogens is 377 g/mol. The van der Waals surface area contributed by atoms with E-state index in [1.165, 1.54) is 0 Å². The molecule has 150 valence electrons. The first-order valence-corrected chi connectivity index (χ1v) is 9.75. The summed E-state index contributed by atoms with van der Waals surface area (Å²) in [6.45, 7) is 3.75. The third-order valence-corrected chi connectivity index (χ3v) is 5.88. The van der Waals surface area contributed by atoms with Crippen LogP contribution in [0.15, 0.2) is 36.4 Å². The van der Waals surface area contributed by atoms with Gasteiger partial charge >= 0.3 is 0 Å². The molecule has 2 aromatic heterocycles. The van der Waals surface area contributed by atoms with Gasteiger partial charge in [-0.05, 0) is 31.2 Å². The highest BCUT2D eigenvalue weighted by Crippen LogP contribution is 2.33. The molecule has 0 unspecified atom stereocenters. The number of benzene rings is 1. The van der Waals surface area contributed by atoms with E-state index >= 15 is 0 Å². The van der Waals surface area contributed by atoms with Gasteiger partial charge in [0.2, 0.25) is 5.60 Å². The number of nitrogen functional groups attached to an aromatic ring is 1. The molecule has 1 aliphatic rings. The van der Waals surface area contributed by atoms with Gasteiger partial charge in [0.25, 0.3) is 5.91 Å². The Morgan fingerprint density at radius 1 is 1.20 bits per heavy atom. The molecule has 3 N–H and O–H groups in total. The molecule has 0 bridgehead atoms. The fourth-order valence-corrected chi connectivity index (χ4v) is 3.74. The van der Waals surface area contributed by atoms with E-state index in [2.05, 4.69) is 26.8 Å². The van der Waals surface area contributed by atoms with Gasteiger partial charge in [0.1, 0.15) is 5.52 Å². The van der Waals surface area contributed by atoms with Crippen LogP contribution < -0.4 is 11.5 Å². The highest BCUT2D eigenvalue weighted by Gasteiger charge is 2.52. The SMILES string of the molecule is Bc1nc(N)c2nc(-c3cccc(C#C[C@@]4(O)C(=O)N(C)[C@H](C)[C@@H]4C)c3)ccc2n1. The monoisotopic (exact) mass is 399 g/mol. The summed E-state index contributed by atoms with van der Waals surface area (Å²) in [5, 5.41) is 10.9. The predicted molar refractivity (Wildman–Crippen MR) is 119 cm³/mol. The Morgan fingerprint density at radius 2 is 1.97 bits per heavy atom. The molecule has 30 heavy (non-hydrogen) atoms. The van der Waals surface area contributed by atoms with E-state index in [1.807, 2.05) is 50.2 Å². The number of anilines is 1. The third-order valence-electron chi connectivity index (χ3n) is 5.88. The summed E-state index contributed by atoms with van der Waals surface area (Å²) in [7, 11) is 3.47. The van der Waals surface area contributed by atoms with E-state index < -0.39 is 5.60 Å². The minimum atomic E-state index is -1.69. The van der Waals surface area contributed by atoms with Crippen molar-refractivity contribution in [2.45, 2.75) is 25.5 Å². The van der Waals surface area contributed by atoms with Crippen LogP contribution >= 0.6 is 0 Å². The van der Waals surface area contributed by atoms with Crippen LogP contribution in [-0.2, 0) is 4.79 Å². The Bertz CT molecular complexity index is 1240. The van der Waals surface area contributed by atoms with Crippen LogP contribution in [-0.4, -0.2) is 57.4 Å². The second-order valence-electron chi connectivity index (χ2n) is 7.76. The van der Waals surface area contributed by atoms with E-state index in [1.54, 1.807) is 19.8 Å². The predicted octanol–water partition coefficient (Wildman–Crippen LogP) is 0.112. The van der Waals surface area contributed by atoms with Gasteiger partial charge in [-0.1, -0.05) is 30.9 Å². The molecule has 3 heterocycles. The number of carbonyl (C=O) groups excluding carboxylic acids is 1. The number of nitrogens with zero attached hydrogens (tertiary/aromatic N) is 4. The van der Waals surface area contributed by atoms with Crippen molar-refractivity contribution in [3.63, 3.8) is 0 Å². The van der Waals surface area contributed by atoms with Gasteiger partial charge in [-0.2, -0.15) is 0 Å². The molecule has 1 amide bonds. The van der Waals surface area contributed by atoms with Gasteiger partial charge in [-0.25, -0.2) is 15.0 Å². The van der Waals surface area contributed by atoms with Crippen LogP contribution in [0, 0.1) is 17.8 Å². The molecule has 4 rings (SSSR count). The maximum absolute atomic E-state index is 12.5. The number of amides is 1. The van der Waals surface area contributed by atoms with Crippen molar-refractivity contribution in [3.8, 4) is 23.1 Å².